The lowest BCUT2D eigenvalue weighted by Crippen LogP contribution is -2.32. The second-order valence-corrected chi connectivity index (χ2v) is 10.8. The first kappa shape index (κ1) is 24.3. The van der Waals surface area contributed by atoms with E-state index in [0.717, 1.165) is 40.7 Å². The van der Waals surface area contributed by atoms with Crippen LogP contribution >= 0.6 is 11.3 Å². The number of fused-ring (bicyclic) bond motifs is 1. The number of aliphatic hydroxyl groups is 1. The summed E-state index contributed by atoms with van der Waals surface area (Å²) < 4.78 is 7.00. The highest BCUT2D eigenvalue weighted by atomic mass is 32.1. The van der Waals surface area contributed by atoms with Gasteiger partial charge in [0.2, 0.25) is 0 Å². The lowest BCUT2D eigenvalue weighted by Gasteiger charge is -2.26. The summed E-state index contributed by atoms with van der Waals surface area (Å²) in [5.74, 6) is 0.379. The Balaban J connectivity index is 1.65. The topological polar surface area (TPSA) is 66.8 Å². The van der Waals surface area contributed by atoms with Gasteiger partial charge in [-0.3, -0.25) is 0 Å². The van der Waals surface area contributed by atoms with Crippen LogP contribution in [0.25, 0.3) is 10.1 Å². The molecule has 0 saturated heterocycles. The van der Waals surface area contributed by atoms with Gasteiger partial charge in [0.25, 0.3) is 0 Å². The van der Waals surface area contributed by atoms with Crippen molar-refractivity contribution in [2.24, 2.45) is 5.41 Å². The minimum absolute atomic E-state index is 0.204. The van der Waals surface area contributed by atoms with Gasteiger partial charge in [0.1, 0.15) is 12.4 Å². The van der Waals surface area contributed by atoms with E-state index in [9.17, 15) is 15.0 Å². The number of aromatic carboxylic acids is 1. The van der Waals surface area contributed by atoms with Crippen LogP contribution in [0.1, 0.15) is 72.8 Å². The van der Waals surface area contributed by atoms with Gasteiger partial charge in [-0.2, -0.15) is 0 Å². The molecule has 1 aromatic heterocycles. The molecule has 2 atom stereocenters. The zero-order valence-electron chi connectivity index (χ0n) is 19.6. The summed E-state index contributed by atoms with van der Waals surface area (Å²) in [7, 11) is 0. The molecule has 2 N–H and O–H groups in total. The van der Waals surface area contributed by atoms with Crippen LogP contribution in [0.15, 0.2) is 42.5 Å². The average Bonchev–Trinajstić information content (AvgIpc) is 3.15. The van der Waals surface area contributed by atoms with Crippen LogP contribution in [-0.2, 0) is 6.42 Å². The third kappa shape index (κ3) is 5.90. The third-order valence-corrected chi connectivity index (χ3v) is 7.37. The maximum Gasteiger partial charge on any atom is 0.335 e. The van der Waals surface area contributed by atoms with E-state index in [1.54, 1.807) is 23.5 Å². The Bertz CT molecular complexity index is 1080. The fraction of sp³-hybridized carbons (Fsp3) is 0.444. The summed E-state index contributed by atoms with van der Waals surface area (Å²) in [6.07, 6.45) is 2.54. The van der Waals surface area contributed by atoms with Crippen molar-refractivity contribution in [3.05, 3.63) is 64.0 Å². The predicted octanol–water partition coefficient (Wildman–Crippen LogP) is 6.82. The number of aryl methyl sites for hydroxylation is 2. The van der Waals surface area contributed by atoms with Crippen molar-refractivity contribution in [2.45, 2.75) is 65.9 Å². The van der Waals surface area contributed by atoms with Crippen molar-refractivity contribution in [2.75, 3.05) is 6.61 Å². The monoisotopic (exact) mass is 454 g/mol. The van der Waals surface area contributed by atoms with E-state index in [2.05, 4.69) is 25.1 Å². The summed E-state index contributed by atoms with van der Waals surface area (Å²) in [6, 6.07) is 13.8. The van der Waals surface area contributed by atoms with Crippen molar-refractivity contribution < 1.29 is 19.7 Å². The van der Waals surface area contributed by atoms with Crippen molar-refractivity contribution in [3.63, 3.8) is 0 Å². The molecule has 0 aliphatic rings. The number of carboxylic acid groups (broad SMARTS) is 1. The lowest BCUT2D eigenvalue weighted by molar-refractivity contribution is 0.0216. The van der Waals surface area contributed by atoms with Crippen molar-refractivity contribution in [1.82, 2.24) is 0 Å². The van der Waals surface area contributed by atoms with E-state index in [1.807, 2.05) is 39.8 Å². The molecule has 5 heteroatoms. The van der Waals surface area contributed by atoms with E-state index < -0.39 is 12.1 Å². The molecule has 2 unspecified atom stereocenters. The van der Waals surface area contributed by atoms with Crippen LogP contribution in [0.2, 0.25) is 0 Å². The molecule has 172 valence electrons. The number of carbonyl (C=O) groups is 1. The molecule has 4 nitrogen and oxygen atoms in total. The minimum Gasteiger partial charge on any atom is -0.491 e. The van der Waals surface area contributed by atoms with Crippen LogP contribution in [-0.4, -0.2) is 28.9 Å². The number of hydrogen-bond acceptors (Lipinski definition) is 4. The molecule has 32 heavy (non-hydrogen) atoms. The molecule has 0 saturated carbocycles. The zero-order valence-corrected chi connectivity index (χ0v) is 20.5. The lowest BCUT2D eigenvalue weighted by atomic mass is 9.90. The Morgan fingerprint density at radius 1 is 1.12 bits per heavy atom. The van der Waals surface area contributed by atoms with E-state index in [1.165, 1.54) is 10.4 Å². The first-order valence-electron chi connectivity index (χ1n) is 11.3. The fourth-order valence-electron chi connectivity index (χ4n) is 3.73. The molecule has 0 spiro atoms. The van der Waals surface area contributed by atoms with Crippen LogP contribution in [0, 0.1) is 12.3 Å². The van der Waals surface area contributed by atoms with Gasteiger partial charge in [0.15, 0.2) is 0 Å². The molecule has 0 aliphatic carbocycles. The largest absolute Gasteiger partial charge is 0.491 e. The zero-order chi connectivity index (χ0) is 23.5. The van der Waals surface area contributed by atoms with E-state index >= 15 is 0 Å². The van der Waals surface area contributed by atoms with Gasteiger partial charge in [-0.05, 0) is 84.4 Å². The number of carboxylic acids is 1. The third-order valence-electron chi connectivity index (χ3n) is 6.09. The van der Waals surface area contributed by atoms with Crippen LogP contribution in [0.4, 0.5) is 0 Å². The highest BCUT2D eigenvalue weighted by molar-refractivity contribution is 7.19. The number of rotatable bonds is 9. The maximum absolute atomic E-state index is 11.3. The van der Waals surface area contributed by atoms with Crippen LogP contribution < -0.4 is 4.74 Å². The van der Waals surface area contributed by atoms with Crippen molar-refractivity contribution >= 4 is 27.4 Å². The minimum atomic E-state index is -0.887. The second-order valence-electron chi connectivity index (χ2n) is 9.64. The van der Waals surface area contributed by atoms with Crippen molar-refractivity contribution in [3.8, 4) is 5.75 Å². The number of thiophene rings is 1. The fourth-order valence-corrected chi connectivity index (χ4v) is 5.00. The van der Waals surface area contributed by atoms with E-state index in [-0.39, 0.29) is 12.0 Å². The molecule has 3 aromatic rings. The van der Waals surface area contributed by atoms with Crippen molar-refractivity contribution in [1.29, 1.82) is 0 Å². The summed E-state index contributed by atoms with van der Waals surface area (Å²) >= 11 is 1.77. The van der Waals surface area contributed by atoms with Gasteiger partial charge in [0, 0.05) is 9.58 Å². The van der Waals surface area contributed by atoms with Crippen LogP contribution in [0.5, 0.6) is 5.75 Å². The summed E-state index contributed by atoms with van der Waals surface area (Å²) in [6.45, 7) is 10.6. The first-order valence-corrected chi connectivity index (χ1v) is 12.1. The number of benzene rings is 2. The summed E-state index contributed by atoms with van der Waals surface area (Å²) in [4.78, 5) is 12.6. The molecule has 0 aliphatic heterocycles. The molecule has 0 fully saturated rings. The molecular weight excluding hydrogens is 420 g/mol. The Morgan fingerprint density at radius 2 is 1.88 bits per heavy atom. The Hall–Kier alpha value is -2.37. The van der Waals surface area contributed by atoms with E-state index in [4.69, 9.17) is 4.74 Å². The normalized spacial score (nSPS) is 13.8. The van der Waals surface area contributed by atoms with Crippen LogP contribution in [0.3, 0.4) is 0 Å². The van der Waals surface area contributed by atoms with Gasteiger partial charge < -0.3 is 14.9 Å². The average molecular weight is 455 g/mol. The SMILES string of the molecule is CCC(CCc1ccc(OCC(O)C(C)(C)C)c(C)c1)c1cc2cc(C(=O)O)ccc2s1. The molecule has 0 radical (unpaired) electrons. The number of aliphatic hydroxyl groups excluding tert-OH is 1. The molecule has 2 aromatic carbocycles. The molecular formula is C27H34O4S. The summed E-state index contributed by atoms with van der Waals surface area (Å²) in [5.41, 5.74) is 2.49. The number of hydrogen-bond donors (Lipinski definition) is 2. The Labute approximate surface area is 194 Å². The smallest absolute Gasteiger partial charge is 0.335 e. The second kappa shape index (κ2) is 10.1. The van der Waals surface area contributed by atoms with Gasteiger partial charge in [0.05, 0.1) is 11.7 Å². The number of ether oxygens (including phenoxy) is 1. The quantitative estimate of drug-likeness (QED) is 0.372. The first-order chi connectivity index (χ1) is 15.1. The standard InChI is InChI=1S/C27H34O4S/c1-6-19(24-15-21-14-20(26(29)30)10-12-23(21)32-24)9-7-18-8-11-22(17(2)13-18)31-16-25(28)27(3,4)5/h8,10-15,19,25,28H,6-7,9,16H2,1-5H3,(H,29,30). The van der Waals surface area contributed by atoms with Gasteiger partial charge in [-0.1, -0.05) is 39.8 Å². The maximum atomic E-state index is 11.3. The molecule has 0 amide bonds. The van der Waals surface area contributed by atoms with Gasteiger partial charge in [-0.15, -0.1) is 11.3 Å². The molecule has 3 rings (SSSR count). The molecule has 0 bridgehead atoms. The Kier molecular flexibility index (Phi) is 7.63. The highest BCUT2D eigenvalue weighted by Gasteiger charge is 2.23. The van der Waals surface area contributed by atoms with E-state index in [0.29, 0.717) is 11.5 Å². The Morgan fingerprint density at radius 3 is 2.50 bits per heavy atom. The predicted molar refractivity (Wildman–Crippen MR) is 132 cm³/mol. The van der Waals surface area contributed by atoms with Gasteiger partial charge >= 0.3 is 5.97 Å². The summed E-state index contributed by atoms with van der Waals surface area (Å²) in [5, 5.41) is 20.5. The molecule has 1 heterocycles. The van der Waals surface area contributed by atoms with Gasteiger partial charge in [-0.25, -0.2) is 4.79 Å². The highest BCUT2D eigenvalue weighted by Crippen LogP contribution is 2.36.